The van der Waals surface area contributed by atoms with Crippen molar-refractivity contribution in [3.8, 4) is 5.75 Å². The second-order valence-corrected chi connectivity index (χ2v) is 5.34. The number of nitrogens with one attached hydrogen (secondary N) is 1. The summed E-state index contributed by atoms with van der Waals surface area (Å²) in [6.45, 7) is 0.820. The van der Waals surface area contributed by atoms with E-state index in [1.807, 2.05) is 6.07 Å². The SMILES string of the molecule is Fc1cccc(COc2ccc(CNC3CC3)cc2F)c1. The molecule has 0 amide bonds. The molecule has 1 aliphatic carbocycles. The van der Waals surface area contributed by atoms with E-state index in [9.17, 15) is 8.78 Å². The van der Waals surface area contributed by atoms with Gasteiger partial charge in [-0.15, -0.1) is 0 Å². The Labute approximate surface area is 122 Å². The Morgan fingerprint density at radius 3 is 2.62 bits per heavy atom. The molecule has 0 radical (unpaired) electrons. The van der Waals surface area contributed by atoms with Gasteiger partial charge in [0.1, 0.15) is 12.4 Å². The maximum Gasteiger partial charge on any atom is 0.165 e. The van der Waals surface area contributed by atoms with Gasteiger partial charge in [-0.25, -0.2) is 8.78 Å². The molecule has 1 aliphatic rings. The quantitative estimate of drug-likeness (QED) is 0.873. The van der Waals surface area contributed by atoms with Gasteiger partial charge in [-0.2, -0.15) is 0 Å². The fourth-order valence-corrected chi connectivity index (χ4v) is 2.11. The second-order valence-electron chi connectivity index (χ2n) is 5.34. The van der Waals surface area contributed by atoms with Crippen molar-refractivity contribution in [1.29, 1.82) is 0 Å². The highest BCUT2D eigenvalue weighted by molar-refractivity contribution is 5.30. The third-order valence-electron chi connectivity index (χ3n) is 3.45. The lowest BCUT2D eigenvalue weighted by atomic mass is 10.2. The summed E-state index contributed by atoms with van der Waals surface area (Å²) in [5, 5.41) is 3.33. The van der Waals surface area contributed by atoms with Gasteiger partial charge in [-0.3, -0.25) is 0 Å². The summed E-state index contributed by atoms with van der Waals surface area (Å²) in [6, 6.07) is 11.6. The van der Waals surface area contributed by atoms with Gasteiger partial charge in [0.05, 0.1) is 0 Å². The van der Waals surface area contributed by atoms with Crippen molar-refractivity contribution < 1.29 is 13.5 Å². The van der Waals surface area contributed by atoms with Gasteiger partial charge in [0.2, 0.25) is 0 Å². The van der Waals surface area contributed by atoms with Crippen LogP contribution in [0.3, 0.4) is 0 Å². The predicted molar refractivity (Wildman–Crippen MR) is 77.0 cm³/mol. The fraction of sp³-hybridized carbons (Fsp3) is 0.294. The Morgan fingerprint density at radius 2 is 1.90 bits per heavy atom. The van der Waals surface area contributed by atoms with Crippen LogP contribution in [-0.4, -0.2) is 6.04 Å². The zero-order chi connectivity index (χ0) is 14.7. The first-order valence-corrected chi connectivity index (χ1v) is 7.10. The molecule has 0 spiro atoms. The summed E-state index contributed by atoms with van der Waals surface area (Å²) in [7, 11) is 0. The number of rotatable bonds is 6. The molecule has 0 bridgehead atoms. The average Bonchev–Trinajstić information content (AvgIpc) is 3.28. The van der Waals surface area contributed by atoms with E-state index in [0.29, 0.717) is 18.2 Å². The van der Waals surface area contributed by atoms with Crippen molar-refractivity contribution in [3.05, 3.63) is 65.2 Å². The average molecular weight is 289 g/mol. The third-order valence-corrected chi connectivity index (χ3v) is 3.45. The van der Waals surface area contributed by atoms with Crippen molar-refractivity contribution >= 4 is 0 Å². The number of ether oxygens (including phenoxy) is 1. The van der Waals surface area contributed by atoms with E-state index in [4.69, 9.17) is 4.74 Å². The van der Waals surface area contributed by atoms with E-state index in [1.165, 1.54) is 31.0 Å². The Bertz CT molecular complexity index is 626. The van der Waals surface area contributed by atoms with Gasteiger partial charge >= 0.3 is 0 Å². The van der Waals surface area contributed by atoms with Gasteiger partial charge in [0, 0.05) is 12.6 Å². The third kappa shape index (κ3) is 4.02. The van der Waals surface area contributed by atoms with Crippen LogP contribution in [0.4, 0.5) is 8.78 Å². The highest BCUT2D eigenvalue weighted by Crippen LogP contribution is 2.22. The lowest BCUT2D eigenvalue weighted by Gasteiger charge is -2.09. The maximum atomic E-state index is 13.9. The highest BCUT2D eigenvalue weighted by Gasteiger charge is 2.20. The van der Waals surface area contributed by atoms with Crippen LogP contribution >= 0.6 is 0 Å². The van der Waals surface area contributed by atoms with Gasteiger partial charge in [-0.1, -0.05) is 18.2 Å². The van der Waals surface area contributed by atoms with Crippen LogP contribution < -0.4 is 10.1 Å². The van der Waals surface area contributed by atoms with Crippen LogP contribution in [0, 0.1) is 11.6 Å². The van der Waals surface area contributed by atoms with Crippen molar-refractivity contribution in [3.63, 3.8) is 0 Å². The van der Waals surface area contributed by atoms with Gasteiger partial charge in [-0.05, 0) is 48.2 Å². The van der Waals surface area contributed by atoms with E-state index in [2.05, 4.69) is 5.32 Å². The summed E-state index contributed by atoms with van der Waals surface area (Å²) in [5.41, 5.74) is 1.58. The van der Waals surface area contributed by atoms with Crippen LogP contribution in [0.1, 0.15) is 24.0 Å². The molecule has 2 aromatic rings. The Hall–Kier alpha value is -1.94. The van der Waals surface area contributed by atoms with Gasteiger partial charge in [0.15, 0.2) is 11.6 Å². The summed E-state index contributed by atoms with van der Waals surface area (Å²) in [6.07, 6.45) is 2.41. The molecular weight excluding hydrogens is 272 g/mol. The number of halogens is 2. The summed E-state index contributed by atoms with van der Waals surface area (Å²) in [5.74, 6) is -0.519. The van der Waals surface area contributed by atoms with E-state index in [1.54, 1.807) is 18.2 Å². The minimum absolute atomic E-state index is 0.147. The van der Waals surface area contributed by atoms with Crippen molar-refractivity contribution in [2.24, 2.45) is 0 Å². The minimum Gasteiger partial charge on any atom is -0.486 e. The normalized spacial score (nSPS) is 14.2. The molecule has 0 aromatic heterocycles. The predicted octanol–water partition coefficient (Wildman–Crippen LogP) is 3.80. The first-order valence-electron chi connectivity index (χ1n) is 7.10. The first-order chi connectivity index (χ1) is 10.2. The lowest BCUT2D eigenvalue weighted by Crippen LogP contribution is -2.15. The van der Waals surface area contributed by atoms with Crippen molar-refractivity contribution in [2.45, 2.75) is 32.0 Å². The lowest BCUT2D eigenvalue weighted by molar-refractivity contribution is 0.289. The molecule has 0 saturated heterocycles. The molecule has 1 saturated carbocycles. The maximum absolute atomic E-state index is 13.9. The molecule has 4 heteroatoms. The van der Waals surface area contributed by atoms with E-state index in [0.717, 1.165) is 5.56 Å². The summed E-state index contributed by atoms with van der Waals surface area (Å²) >= 11 is 0. The topological polar surface area (TPSA) is 21.3 Å². The standard InChI is InChI=1S/C17H17F2NO/c18-14-3-1-2-13(8-14)11-21-17-7-4-12(9-16(17)19)10-20-15-5-6-15/h1-4,7-9,15,20H,5-6,10-11H2. The fourth-order valence-electron chi connectivity index (χ4n) is 2.11. The smallest absolute Gasteiger partial charge is 0.165 e. The largest absolute Gasteiger partial charge is 0.486 e. The molecule has 0 heterocycles. The van der Waals surface area contributed by atoms with Crippen molar-refractivity contribution in [2.75, 3.05) is 0 Å². The zero-order valence-electron chi connectivity index (χ0n) is 11.6. The molecule has 0 unspecified atom stereocenters. The molecule has 21 heavy (non-hydrogen) atoms. The van der Waals surface area contributed by atoms with Crippen LogP contribution in [0.5, 0.6) is 5.75 Å². The van der Waals surface area contributed by atoms with E-state index < -0.39 is 0 Å². The summed E-state index contributed by atoms with van der Waals surface area (Å²) < 4.78 is 32.4. The number of hydrogen-bond acceptors (Lipinski definition) is 2. The van der Waals surface area contributed by atoms with Crippen LogP contribution in [0.2, 0.25) is 0 Å². The molecule has 110 valence electrons. The monoisotopic (exact) mass is 289 g/mol. The molecule has 1 fully saturated rings. The van der Waals surface area contributed by atoms with Crippen LogP contribution in [-0.2, 0) is 13.2 Å². The number of benzene rings is 2. The molecule has 3 rings (SSSR count). The first kappa shape index (κ1) is 14.0. The molecule has 1 N–H and O–H groups in total. The Kier molecular flexibility index (Phi) is 4.15. The van der Waals surface area contributed by atoms with Crippen LogP contribution in [0.15, 0.2) is 42.5 Å². The zero-order valence-corrected chi connectivity index (χ0v) is 11.6. The highest BCUT2D eigenvalue weighted by atomic mass is 19.1. The van der Waals surface area contributed by atoms with Gasteiger partial charge < -0.3 is 10.1 Å². The van der Waals surface area contributed by atoms with Gasteiger partial charge in [0.25, 0.3) is 0 Å². The Morgan fingerprint density at radius 1 is 1.05 bits per heavy atom. The molecule has 2 nitrogen and oxygen atoms in total. The van der Waals surface area contributed by atoms with Crippen molar-refractivity contribution in [1.82, 2.24) is 5.32 Å². The molecular formula is C17H17F2NO. The minimum atomic E-state index is -0.387. The van der Waals surface area contributed by atoms with E-state index >= 15 is 0 Å². The molecule has 0 aliphatic heterocycles. The Balaban J connectivity index is 1.59. The number of hydrogen-bond donors (Lipinski definition) is 1. The summed E-state index contributed by atoms with van der Waals surface area (Å²) in [4.78, 5) is 0. The molecule has 0 atom stereocenters. The van der Waals surface area contributed by atoms with Crippen LogP contribution in [0.25, 0.3) is 0 Å². The molecule has 2 aromatic carbocycles. The second kappa shape index (κ2) is 6.22. The van der Waals surface area contributed by atoms with E-state index in [-0.39, 0.29) is 24.0 Å².